The number of carbonyl (C=O) groups excluding carboxylic acids is 1. The second-order valence-corrected chi connectivity index (χ2v) is 6.49. The highest BCUT2D eigenvalue weighted by Gasteiger charge is 2.23. The van der Waals surface area contributed by atoms with Crippen molar-refractivity contribution in [3.63, 3.8) is 0 Å². The van der Waals surface area contributed by atoms with E-state index in [2.05, 4.69) is 41.4 Å². The number of benzene rings is 2. The van der Waals surface area contributed by atoms with Crippen molar-refractivity contribution in [3.8, 4) is 5.75 Å². The van der Waals surface area contributed by atoms with Gasteiger partial charge in [0.05, 0.1) is 31.9 Å². The Morgan fingerprint density at radius 1 is 1.15 bits per heavy atom. The Morgan fingerprint density at radius 3 is 2.54 bits per heavy atom. The number of nitrogens with one attached hydrogen (secondary N) is 1. The quantitative estimate of drug-likeness (QED) is 0.867. The SMILES string of the molecule is COc1ccccc1C(=O)NC[C@H](c1ccc(C)cc1)N1CCOCC1. The summed E-state index contributed by atoms with van der Waals surface area (Å²) in [4.78, 5) is 15.0. The van der Waals surface area contributed by atoms with E-state index in [0.29, 0.717) is 17.9 Å². The monoisotopic (exact) mass is 354 g/mol. The molecule has 2 aromatic rings. The van der Waals surface area contributed by atoms with E-state index in [1.165, 1.54) is 11.1 Å². The van der Waals surface area contributed by atoms with Gasteiger partial charge in [0.15, 0.2) is 0 Å². The molecule has 5 nitrogen and oxygen atoms in total. The second kappa shape index (κ2) is 8.83. The minimum atomic E-state index is -0.118. The molecule has 1 N–H and O–H groups in total. The number of rotatable bonds is 6. The Balaban J connectivity index is 1.75. The molecule has 1 saturated heterocycles. The zero-order chi connectivity index (χ0) is 18.4. The van der Waals surface area contributed by atoms with Crippen molar-refractivity contribution < 1.29 is 14.3 Å². The van der Waals surface area contributed by atoms with Crippen LogP contribution in [0.1, 0.15) is 27.5 Å². The third-order valence-electron chi connectivity index (χ3n) is 4.76. The summed E-state index contributed by atoms with van der Waals surface area (Å²) < 4.78 is 10.8. The van der Waals surface area contributed by atoms with Crippen LogP contribution in [0.5, 0.6) is 5.75 Å². The molecule has 26 heavy (non-hydrogen) atoms. The maximum atomic E-state index is 12.7. The number of carbonyl (C=O) groups is 1. The van der Waals surface area contributed by atoms with Crippen molar-refractivity contribution >= 4 is 5.91 Å². The molecule has 0 spiro atoms. The van der Waals surface area contributed by atoms with E-state index >= 15 is 0 Å². The van der Waals surface area contributed by atoms with Gasteiger partial charge in [0.2, 0.25) is 0 Å². The first kappa shape index (κ1) is 18.4. The standard InChI is InChI=1S/C21H26N2O3/c1-16-7-9-17(10-8-16)19(23-11-13-26-14-12-23)15-22-21(24)18-5-3-4-6-20(18)25-2/h3-10,19H,11-15H2,1-2H3,(H,22,24)/t19-/m1/s1. The highest BCUT2D eigenvalue weighted by Crippen LogP contribution is 2.23. The van der Waals surface area contributed by atoms with Crippen LogP contribution in [0.3, 0.4) is 0 Å². The first-order valence-electron chi connectivity index (χ1n) is 8.98. The van der Waals surface area contributed by atoms with E-state index in [9.17, 15) is 4.79 Å². The van der Waals surface area contributed by atoms with Gasteiger partial charge in [-0.1, -0.05) is 42.0 Å². The van der Waals surface area contributed by atoms with Crippen LogP contribution < -0.4 is 10.1 Å². The van der Waals surface area contributed by atoms with Gasteiger partial charge in [-0.15, -0.1) is 0 Å². The molecule has 1 amide bonds. The molecule has 138 valence electrons. The fourth-order valence-electron chi connectivity index (χ4n) is 3.25. The Hall–Kier alpha value is -2.37. The minimum absolute atomic E-state index is 0.118. The van der Waals surface area contributed by atoms with Crippen molar-refractivity contribution in [1.82, 2.24) is 10.2 Å². The summed E-state index contributed by atoms with van der Waals surface area (Å²) in [7, 11) is 1.58. The van der Waals surface area contributed by atoms with Crippen molar-refractivity contribution in [3.05, 3.63) is 65.2 Å². The van der Waals surface area contributed by atoms with E-state index < -0.39 is 0 Å². The predicted molar refractivity (Wildman–Crippen MR) is 102 cm³/mol. The van der Waals surface area contributed by atoms with Gasteiger partial charge >= 0.3 is 0 Å². The number of nitrogens with zero attached hydrogens (tertiary/aromatic N) is 1. The van der Waals surface area contributed by atoms with Gasteiger partial charge < -0.3 is 14.8 Å². The summed E-state index contributed by atoms with van der Waals surface area (Å²) in [6, 6.07) is 15.9. The number of amides is 1. The number of methoxy groups -OCH3 is 1. The Kier molecular flexibility index (Phi) is 6.26. The van der Waals surface area contributed by atoms with Gasteiger partial charge in [0, 0.05) is 19.6 Å². The van der Waals surface area contributed by atoms with Crippen LogP contribution in [0, 0.1) is 6.92 Å². The molecule has 0 radical (unpaired) electrons. The lowest BCUT2D eigenvalue weighted by atomic mass is 10.0. The first-order valence-corrected chi connectivity index (χ1v) is 8.98. The van der Waals surface area contributed by atoms with Gasteiger partial charge in [-0.05, 0) is 24.6 Å². The molecule has 0 aliphatic carbocycles. The fraction of sp³-hybridized carbons (Fsp3) is 0.381. The second-order valence-electron chi connectivity index (χ2n) is 6.49. The normalized spacial score (nSPS) is 16.1. The number of para-hydroxylation sites is 1. The largest absolute Gasteiger partial charge is 0.496 e. The lowest BCUT2D eigenvalue weighted by Gasteiger charge is -2.35. The molecule has 5 heteroatoms. The maximum Gasteiger partial charge on any atom is 0.255 e. The molecule has 1 heterocycles. The Bertz CT molecular complexity index is 724. The third-order valence-corrected chi connectivity index (χ3v) is 4.76. The van der Waals surface area contributed by atoms with Crippen LogP contribution in [-0.2, 0) is 4.74 Å². The molecule has 1 aliphatic heterocycles. The highest BCUT2D eigenvalue weighted by molar-refractivity contribution is 5.96. The lowest BCUT2D eigenvalue weighted by Crippen LogP contribution is -2.43. The molecular weight excluding hydrogens is 328 g/mol. The zero-order valence-corrected chi connectivity index (χ0v) is 15.4. The van der Waals surface area contributed by atoms with Crippen molar-refractivity contribution in [2.75, 3.05) is 40.0 Å². The minimum Gasteiger partial charge on any atom is -0.496 e. The van der Waals surface area contributed by atoms with Crippen LogP contribution in [0.15, 0.2) is 48.5 Å². The summed E-state index contributed by atoms with van der Waals surface area (Å²) in [6.45, 7) is 5.80. The number of hydrogen-bond donors (Lipinski definition) is 1. The lowest BCUT2D eigenvalue weighted by molar-refractivity contribution is 0.0162. The van der Waals surface area contributed by atoms with Crippen LogP contribution in [0.25, 0.3) is 0 Å². The molecular formula is C21H26N2O3. The summed E-state index contributed by atoms with van der Waals surface area (Å²) in [5.41, 5.74) is 2.99. The van der Waals surface area contributed by atoms with Gasteiger partial charge in [-0.3, -0.25) is 9.69 Å². The van der Waals surface area contributed by atoms with Crippen molar-refractivity contribution in [1.29, 1.82) is 0 Å². The van der Waals surface area contributed by atoms with Gasteiger partial charge in [0.1, 0.15) is 5.75 Å². The van der Waals surface area contributed by atoms with Gasteiger partial charge in [-0.25, -0.2) is 0 Å². The Morgan fingerprint density at radius 2 is 1.85 bits per heavy atom. The number of aryl methyl sites for hydroxylation is 1. The van der Waals surface area contributed by atoms with Crippen LogP contribution in [0.4, 0.5) is 0 Å². The topological polar surface area (TPSA) is 50.8 Å². The Labute approximate surface area is 154 Å². The van der Waals surface area contributed by atoms with Gasteiger partial charge in [0.25, 0.3) is 5.91 Å². The summed E-state index contributed by atoms with van der Waals surface area (Å²) >= 11 is 0. The highest BCUT2D eigenvalue weighted by atomic mass is 16.5. The van der Waals surface area contributed by atoms with Crippen molar-refractivity contribution in [2.24, 2.45) is 0 Å². The van der Waals surface area contributed by atoms with Crippen molar-refractivity contribution in [2.45, 2.75) is 13.0 Å². The van der Waals surface area contributed by atoms with E-state index in [0.717, 1.165) is 26.3 Å². The van der Waals surface area contributed by atoms with Gasteiger partial charge in [-0.2, -0.15) is 0 Å². The summed E-state index contributed by atoms with van der Waals surface area (Å²) in [5, 5.41) is 3.08. The molecule has 0 bridgehead atoms. The number of morpholine rings is 1. The predicted octanol–water partition coefficient (Wildman–Crippen LogP) is 2.81. The van der Waals surface area contributed by atoms with Crippen LogP contribution in [-0.4, -0.2) is 50.8 Å². The molecule has 0 saturated carbocycles. The average molecular weight is 354 g/mol. The molecule has 2 aromatic carbocycles. The van der Waals surface area contributed by atoms with E-state index in [1.807, 2.05) is 12.1 Å². The molecule has 1 aliphatic rings. The maximum absolute atomic E-state index is 12.7. The smallest absolute Gasteiger partial charge is 0.255 e. The molecule has 1 atom stereocenters. The number of hydrogen-bond acceptors (Lipinski definition) is 4. The van der Waals surface area contributed by atoms with Crippen LogP contribution >= 0.6 is 0 Å². The fourth-order valence-corrected chi connectivity index (χ4v) is 3.25. The van der Waals surface area contributed by atoms with E-state index in [4.69, 9.17) is 9.47 Å². The molecule has 1 fully saturated rings. The number of ether oxygens (including phenoxy) is 2. The molecule has 0 aromatic heterocycles. The molecule has 3 rings (SSSR count). The van der Waals surface area contributed by atoms with E-state index in [-0.39, 0.29) is 11.9 Å². The van der Waals surface area contributed by atoms with Crippen LogP contribution in [0.2, 0.25) is 0 Å². The zero-order valence-electron chi connectivity index (χ0n) is 15.4. The average Bonchev–Trinajstić information content (AvgIpc) is 2.70. The summed E-state index contributed by atoms with van der Waals surface area (Å²) in [5.74, 6) is 0.469. The third kappa shape index (κ3) is 4.42. The first-order chi connectivity index (χ1) is 12.7. The van der Waals surface area contributed by atoms with E-state index in [1.54, 1.807) is 19.2 Å². The molecule has 0 unspecified atom stereocenters. The summed E-state index contributed by atoms with van der Waals surface area (Å²) in [6.07, 6.45) is 0.